The molecule has 2 atom stereocenters. The van der Waals surface area contributed by atoms with E-state index in [9.17, 15) is 5.11 Å². The van der Waals surface area contributed by atoms with Crippen LogP contribution in [0.15, 0.2) is 16.5 Å². The van der Waals surface area contributed by atoms with E-state index in [0.29, 0.717) is 31.9 Å². The molecule has 1 fully saturated rings. The van der Waals surface area contributed by atoms with Crippen LogP contribution in [-0.2, 0) is 17.9 Å². The average molecular weight is 241 g/mol. The van der Waals surface area contributed by atoms with Crippen molar-refractivity contribution in [1.82, 2.24) is 5.32 Å². The quantitative estimate of drug-likeness (QED) is 0.696. The first-order valence-corrected chi connectivity index (χ1v) is 5.87. The Kier molecular flexibility index (Phi) is 3.83. The highest BCUT2D eigenvalue weighted by atomic mass is 16.5. The van der Waals surface area contributed by atoms with Gasteiger partial charge in [-0.25, -0.2) is 0 Å². The van der Waals surface area contributed by atoms with Crippen molar-refractivity contribution >= 4 is 0 Å². The van der Waals surface area contributed by atoms with Crippen molar-refractivity contribution in [3.05, 3.63) is 23.7 Å². The van der Waals surface area contributed by atoms with Crippen LogP contribution >= 0.6 is 0 Å². The maximum absolute atomic E-state index is 10.2. The monoisotopic (exact) mass is 241 g/mol. The zero-order valence-electron chi connectivity index (χ0n) is 9.98. The van der Waals surface area contributed by atoms with Gasteiger partial charge < -0.3 is 24.7 Å². The Hall–Kier alpha value is -0.880. The number of furan rings is 1. The van der Waals surface area contributed by atoms with Gasteiger partial charge in [-0.1, -0.05) is 0 Å². The molecule has 2 rings (SSSR count). The van der Waals surface area contributed by atoms with Crippen LogP contribution in [0.25, 0.3) is 0 Å². The molecule has 1 aromatic rings. The molecule has 2 unspecified atom stereocenters. The third kappa shape index (κ3) is 2.87. The second-order valence-electron chi connectivity index (χ2n) is 4.50. The lowest BCUT2D eigenvalue weighted by molar-refractivity contribution is -0.0265. The Bertz CT molecular complexity index is 365. The number of rotatable bonds is 5. The van der Waals surface area contributed by atoms with Gasteiger partial charge in [0.1, 0.15) is 23.7 Å². The second kappa shape index (κ2) is 5.18. The lowest BCUT2D eigenvalue weighted by Crippen LogP contribution is -2.45. The third-order valence-electron chi connectivity index (χ3n) is 3.26. The molecule has 0 amide bonds. The topological polar surface area (TPSA) is 74.9 Å². The molecular weight excluding hydrogens is 222 g/mol. The van der Waals surface area contributed by atoms with Crippen molar-refractivity contribution in [2.24, 2.45) is 0 Å². The fraction of sp³-hybridized carbons (Fsp3) is 0.667. The van der Waals surface area contributed by atoms with E-state index in [1.165, 1.54) is 0 Å². The molecule has 1 aliphatic rings. The zero-order chi connectivity index (χ0) is 12.3. The van der Waals surface area contributed by atoms with E-state index in [1.807, 2.05) is 13.0 Å². The maximum Gasteiger partial charge on any atom is 0.129 e. The predicted octanol–water partition coefficient (Wildman–Crippen LogP) is 0.401. The minimum Gasteiger partial charge on any atom is -0.462 e. The Labute approximate surface area is 100 Å². The number of aliphatic hydroxyl groups excluding tert-OH is 1. The summed E-state index contributed by atoms with van der Waals surface area (Å²) in [5, 5.41) is 22.2. The molecule has 1 saturated heterocycles. The van der Waals surface area contributed by atoms with Crippen molar-refractivity contribution in [1.29, 1.82) is 0 Å². The van der Waals surface area contributed by atoms with Gasteiger partial charge in [0.15, 0.2) is 0 Å². The second-order valence-corrected chi connectivity index (χ2v) is 4.50. The molecule has 5 nitrogen and oxygen atoms in total. The van der Waals surface area contributed by atoms with E-state index in [2.05, 4.69) is 5.32 Å². The summed E-state index contributed by atoms with van der Waals surface area (Å²) in [6.07, 6.45) is 0.515. The molecule has 0 aliphatic carbocycles. The van der Waals surface area contributed by atoms with Crippen LogP contribution in [0.5, 0.6) is 0 Å². The normalized spacial score (nSPS) is 28.8. The summed E-state index contributed by atoms with van der Waals surface area (Å²) < 4.78 is 10.7. The van der Waals surface area contributed by atoms with Crippen molar-refractivity contribution in [3.8, 4) is 0 Å². The Morgan fingerprint density at radius 1 is 1.47 bits per heavy atom. The third-order valence-corrected chi connectivity index (χ3v) is 3.26. The Morgan fingerprint density at radius 3 is 2.82 bits per heavy atom. The summed E-state index contributed by atoms with van der Waals surface area (Å²) in [4.78, 5) is 0. The van der Waals surface area contributed by atoms with Crippen LogP contribution in [0.3, 0.4) is 0 Å². The van der Waals surface area contributed by atoms with E-state index in [4.69, 9.17) is 14.3 Å². The largest absolute Gasteiger partial charge is 0.462 e. The summed E-state index contributed by atoms with van der Waals surface area (Å²) in [6.45, 7) is 3.41. The van der Waals surface area contributed by atoms with E-state index in [0.717, 1.165) is 5.76 Å². The highest BCUT2D eigenvalue weighted by Gasteiger charge is 2.38. The first kappa shape index (κ1) is 12.6. The molecule has 1 aliphatic heterocycles. The maximum atomic E-state index is 10.2. The number of ether oxygens (including phenoxy) is 1. The van der Waals surface area contributed by atoms with Crippen molar-refractivity contribution in [2.45, 2.75) is 38.2 Å². The van der Waals surface area contributed by atoms with Gasteiger partial charge in [0.25, 0.3) is 0 Å². The average Bonchev–Trinajstić information content (AvgIpc) is 2.88. The molecule has 5 heteroatoms. The zero-order valence-corrected chi connectivity index (χ0v) is 9.98. The van der Waals surface area contributed by atoms with Crippen LogP contribution in [0.2, 0.25) is 0 Å². The lowest BCUT2D eigenvalue weighted by Gasteiger charge is -2.26. The molecule has 3 N–H and O–H groups in total. The van der Waals surface area contributed by atoms with Crippen molar-refractivity contribution in [3.63, 3.8) is 0 Å². The number of aliphatic hydroxyl groups is 2. The van der Waals surface area contributed by atoms with Gasteiger partial charge in [0, 0.05) is 19.6 Å². The summed E-state index contributed by atoms with van der Waals surface area (Å²) in [5.74, 6) is 1.31. The van der Waals surface area contributed by atoms with E-state index in [1.54, 1.807) is 6.07 Å². The molecule has 0 aromatic carbocycles. The minimum atomic E-state index is -0.785. The smallest absolute Gasteiger partial charge is 0.129 e. The summed E-state index contributed by atoms with van der Waals surface area (Å²) in [6, 6.07) is 3.56. The molecule has 0 saturated carbocycles. The summed E-state index contributed by atoms with van der Waals surface area (Å²) >= 11 is 0. The number of hydrogen-bond acceptors (Lipinski definition) is 5. The molecule has 0 radical (unpaired) electrons. The van der Waals surface area contributed by atoms with Gasteiger partial charge >= 0.3 is 0 Å². The standard InChI is InChI=1S/C12H19NO4/c1-9-12(15,4-5-16-9)8-13-6-10-2-3-11(7-14)17-10/h2-3,9,13-15H,4-8H2,1H3. The van der Waals surface area contributed by atoms with Crippen molar-refractivity contribution in [2.75, 3.05) is 13.2 Å². The summed E-state index contributed by atoms with van der Waals surface area (Å²) in [7, 11) is 0. The van der Waals surface area contributed by atoms with Crippen LogP contribution in [0.4, 0.5) is 0 Å². The van der Waals surface area contributed by atoms with Gasteiger partial charge in [0.05, 0.1) is 12.6 Å². The van der Waals surface area contributed by atoms with Crippen LogP contribution in [0, 0.1) is 0 Å². The van der Waals surface area contributed by atoms with E-state index in [-0.39, 0.29) is 12.7 Å². The van der Waals surface area contributed by atoms with Crippen LogP contribution < -0.4 is 5.32 Å². The number of nitrogens with one attached hydrogen (secondary N) is 1. The molecule has 1 aromatic heterocycles. The van der Waals surface area contributed by atoms with E-state index >= 15 is 0 Å². The van der Waals surface area contributed by atoms with Gasteiger partial charge in [0.2, 0.25) is 0 Å². The molecule has 96 valence electrons. The minimum absolute atomic E-state index is 0.0885. The number of hydrogen-bond donors (Lipinski definition) is 3. The predicted molar refractivity (Wildman–Crippen MR) is 61.3 cm³/mol. The lowest BCUT2D eigenvalue weighted by atomic mass is 9.97. The Morgan fingerprint density at radius 2 is 2.24 bits per heavy atom. The van der Waals surface area contributed by atoms with Gasteiger partial charge in [-0.3, -0.25) is 0 Å². The van der Waals surface area contributed by atoms with Gasteiger partial charge in [-0.15, -0.1) is 0 Å². The first-order chi connectivity index (χ1) is 8.14. The molecular formula is C12H19NO4. The SMILES string of the molecule is CC1OCCC1(O)CNCc1ccc(CO)o1. The van der Waals surface area contributed by atoms with Crippen LogP contribution in [0.1, 0.15) is 24.9 Å². The molecule has 0 spiro atoms. The van der Waals surface area contributed by atoms with Gasteiger partial charge in [-0.05, 0) is 19.1 Å². The highest BCUT2D eigenvalue weighted by molar-refractivity contribution is 5.06. The fourth-order valence-electron chi connectivity index (χ4n) is 2.01. The van der Waals surface area contributed by atoms with Crippen LogP contribution in [-0.4, -0.2) is 35.1 Å². The van der Waals surface area contributed by atoms with Crippen molar-refractivity contribution < 1.29 is 19.4 Å². The summed E-state index contributed by atoms with van der Waals surface area (Å²) in [5.41, 5.74) is -0.785. The fourth-order valence-corrected chi connectivity index (χ4v) is 2.01. The first-order valence-electron chi connectivity index (χ1n) is 5.87. The van der Waals surface area contributed by atoms with E-state index < -0.39 is 5.60 Å². The highest BCUT2D eigenvalue weighted by Crippen LogP contribution is 2.24. The molecule has 2 heterocycles. The molecule has 17 heavy (non-hydrogen) atoms. The molecule has 0 bridgehead atoms. The van der Waals surface area contributed by atoms with Gasteiger partial charge in [-0.2, -0.15) is 0 Å². The Balaban J connectivity index is 1.79.